The molecular formula is C14H21F3N6O. The van der Waals surface area contributed by atoms with E-state index in [-0.39, 0.29) is 11.9 Å². The largest absolute Gasteiger partial charge is 0.421 e. The van der Waals surface area contributed by atoms with Gasteiger partial charge in [-0.3, -0.25) is 10.4 Å². The molecule has 1 aliphatic rings. The average Bonchev–Trinajstić information content (AvgIpc) is 2.87. The van der Waals surface area contributed by atoms with Gasteiger partial charge in [-0.15, -0.1) is 0 Å². The Morgan fingerprint density at radius 3 is 2.71 bits per heavy atom. The minimum Gasteiger partial charge on any atom is -0.380 e. The normalized spacial score (nSPS) is 22.5. The van der Waals surface area contributed by atoms with Crippen LogP contribution in [0.1, 0.15) is 18.2 Å². The van der Waals surface area contributed by atoms with Crippen LogP contribution in [-0.2, 0) is 17.1 Å². The molecule has 0 saturated heterocycles. The van der Waals surface area contributed by atoms with E-state index >= 15 is 0 Å². The zero-order chi connectivity index (χ0) is 18.1. The average molecular weight is 346 g/mol. The summed E-state index contributed by atoms with van der Waals surface area (Å²) in [6.45, 7) is 4.08. The number of hydrogen-bond acceptors (Lipinski definition) is 6. The van der Waals surface area contributed by atoms with E-state index in [4.69, 9.17) is 10.5 Å². The number of methoxy groups -OCH3 is 1. The highest BCUT2D eigenvalue weighted by atomic mass is 19.4. The number of halogens is 3. The molecule has 10 heteroatoms. The van der Waals surface area contributed by atoms with Crippen molar-refractivity contribution in [2.24, 2.45) is 10.7 Å². The number of nitrogens with zero attached hydrogens (tertiary/aromatic N) is 3. The van der Waals surface area contributed by atoms with Crippen molar-refractivity contribution in [3.8, 4) is 0 Å². The van der Waals surface area contributed by atoms with Crippen molar-refractivity contribution in [1.29, 1.82) is 0 Å². The number of ether oxygens (including phenoxy) is 1. The third-order valence-electron chi connectivity index (χ3n) is 3.74. The number of allylic oxidation sites excluding steroid dienone is 1. The second-order valence-electron chi connectivity index (χ2n) is 5.58. The first-order valence-corrected chi connectivity index (χ1v) is 7.29. The van der Waals surface area contributed by atoms with Crippen LogP contribution in [0.2, 0.25) is 0 Å². The fraction of sp³-hybridized carbons (Fsp3) is 0.571. The van der Waals surface area contributed by atoms with Crippen molar-refractivity contribution >= 4 is 6.21 Å². The van der Waals surface area contributed by atoms with Crippen molar-refractivity contribution in [1.82, 2.24) is 20.4 Å². The monoisotopic (exact) mass is 346 g/mol. The number of aliphatic imine (C=N–C) groups is 1. The van der Waals surface area contributed by atoms with Gasteiger partial charge >= 0.3 is 6.18 Å². The van der Waals surface area contributed by atoms with Crippen molar-refractivity contribution in [2.45, 2.75) is 38.5 Å². The lowest BCUT2D eigenvalue weighted by Crippen LogP contribution is -2.54. The van der Waals surface area contributed by atoms with Crippen molar-refractivity contribution < 1.29 is 17.9 Å². The van der Waals surface area contributed by atoms with Crippen LogP contribution >= 0.6 is 0 Å². The lowest BCUT2D eigenvalue weighted by molar-refractivity contribution is -0.0875. The summed E-state index contributed by atoms with van der Waals surface area (Å²) in [6, 6.07) is 0. The Morgan fingerprint density at radius 1 is 1.50 bits per heavy atom. The smallest absolute Gasteiger partial charge is 0.380 e. The maximum atomic E-state index is 13.0. The molecule has 1 aromatic rings. The molecule has 24 heavy (non-hydrogen) atoms. The maximum absolute atomic E-state index is 13.0. The molecule has 1 aromatic heterocycles. The van der Waals surface area contributed by atoms with Gasteiger partial charge in [-0.1, -0.05) is 0 Å². The van der Waals surface area contributed by atoms with Crippen LogP contribution in [0, 0.1) is 6.92 Å². The first-order chi connectivity index (χ1) is 11.1. The lowest BCUT2D eigenvalue weighted by atomic mass is 10.1. The second-order valence-corrected chi connectivity index (χ2v) is 5.58. The Bertz CT molecular complexity index is 666. The van der Waals surface area contributed by atoms with Crippen LogP contribution in [0.3, 0.4) is 0 Å². The van der Waals surface area contributed by atoms with E-state index in [2.05, 4.69) is 20.7 Å². The molecule has 0 amide bonds. The Balaban J connectivity index is 2.34. The molecule has 2 rings (SSSR count). The summed E-state index contributed by atoms with van der Waals surface area (Å²) in [4.78, 5) is 3.89. The van der Waals surface area contributed by atoms with Gasteiger partial charge in [-0.25, -0.2) is 4.99 Å². The zero-order valence-electron chi connectivity index (χ0n) is 13.9. The number of aromatic nitrogens is 2. The Labute approximate surface area is 137 Å². The molecular weight excluding hydrogens is 325 g/mol. The molecule has 0 radical (unpaired) electrons. The highest BCUT2D eigenvalue weighted by Gasteiger charge is 2.42. The molecule has 2 heterocycles. The van der Waals surface area contributed by atoms with Crippen molar-refractivity contribution in [2.75, 3.05) is 14.2 Å². The maximum Gasteiger partial charge on any atom is 0.421 e. The fourth-order valence-corrected chi connectivity index (χ4v) is 2.39. The molecule has 0 fully saturated rings. The molecule has 0 aromatic carbocycles. The van der Waals surface area contributed by atoms with Gasteiger partial charge in [0.2, 0.25) is 5.79 Å². The van der Waals surface area contributed by atoms with Crippen LogP contribution in [0.5, 0.6) is 0 Å². The summed E-state index contributed by atoms with van der Waals surface area (Å²) in [6.07, 6.45) is -2.22. The minimum atomic E-state index is -4.54. The predicted molar refractivity (Wildman–Crippen MR) is 83.1 cm³/mol. The third kappa shape index (κ3) is 3.54. The quantitative estimate of drug-likeness (QED) is 0.739. The number of alkyl halides is 3. The third-order valence-corrected chi connectivity index (χ3v) is 3.74. The van der Waals surface area contributed by atoms with Crippen LogP contribution in [0.25, 0.3) is 0 Å². The molecule has 1 unspecified atom stereocenters. The highest BCUT2D eigenvalue weighted by molar-refractivity contribution is 5.82. The van der Waals surface area contributed by atoms with Gasteiger partial charge in [0, 0.05) is 26.6 Å². The SMILES string of the molecule is CNC1=C(C(F)(F)F)C=NC(N)(c2cn(C[C@@H](C)OC)nc2C)N1. The molecule has 0 spiro atoms. The van der Waals surface area contributed by atoms with E-state index in [1.54, 1.807) is 24.9 Å². The standard InChI is InChI=1S/C14H21F3N6O/c1-8(24-4)6-23-7-11(9(2)22-23)14(18)20-5-10(13(15,16)17)12(19-3)21-14/h5,7-8,19,21H,6,18H2,1-4H3/t8-,14?/m1/s1. The molecule has 0 saturated carbocycles. The molecule has 2 atom stereocenters. The lowest BCUT2D eigenvalue weighted by Gasteiger charge is -2.33. The van der Waals surface area contributed by atoms with Gasteiger partial charge in [-0.05, 0) is 13.8 Å². The van der Waals surface area contributed by atoms with E-state index in [0.29, 0.717) is 17.8 Å². The summed E-state index contributed by atoms with van der Waals surface area (Å²) in [5.74, 6) is -1.77. The first kappa shape index (κ1) is 18.3. The molecule has 134 valence electrons. The summed E-state index contributed by atoms with van der Waals surface area (Å²) >= 11 is 0. The summed E-state index contributed by atoms with van der Waals surface area (Å²) in [5, 5.41) is 9.42. The molecule has 0 aliphatic carbocycles. The van der Waals surface area contributed by atoms with Crippen LogP contribution < -0.4 is 16.4 Å². The summed E-state index contributed by atoms with van der Waals surface area (Å²) < 4.78 is 45.8. The van der Waals surface area contributed by atoms with Crippen LogP contribution in [-0.4, -0.2) is 42.4 Å². The fourth-order valence-electron chi connectivity index (χ4n) is 2.39. The van der Waals surface area contributed by atoms with E-state index in [9.17, 15) is 13.2 Å². The van der Waals surface area contributed by atoms with Crippen molar-refractivity contribution in [3.05, 3.63) is 28.8 Å². The van der Waals surface area contributed by atoms with E-state index < -0.39 is 17.5 Å². The van der Waals surface area contributed by atoms with Gasteiger partial charge in [0.05, 0.1) is 23.9 Å². The number of rotatable bonds is 5. The minimum absolute atomic E-state index is 0.0710. The number of nitrogens with two attached hydrogens (primary N) is 1. The van der Waals surface area contributed by atoms with Gasteiger partial charge in [0.25, 0.3) is 0 Å². The number of aryl methyl sites for hydroxylation is 1. The van der Waals surface area contributed by atoms with Gasteiger partial charge in [0.15, 0.2) is 0 Å². The van der Waals surface area contributed by atoms with Crippen molar-refractivity contribution in [3.63, 3.8) is 0 Å². The van der Waals surface area contributed by atoms with Gasteiger partial charge in [-0.2, -0.15) is 18.3 Å². The highest BCUT2D eigenvalue weighted by Crippen LogP contribution is 2.31. The number of nitrogens with one attached hydrogen (secondary N) is 2. The van der Waals surface area contributed by atoms with E-state index in [1.807, 2.05) is 6.92 Å². The van der Waals surface area contributed by atoms with Crippen LogP contribution in [0.15, 0.2) is 22.6 Å². The Kier molecular flexibility index (Phi) is 4.90. The van der Waals surface area contributed by atoms with E-state index in [1.165, 1.54) is 7.05 Å². The second kappa shape index (κ2) is 6.44. The molecule has 0 bridgehead atoms. The first-order valence-electron chi connectivity index (χ1n) is 7.29. The summed E-state index contributed by atoms with van der Waals surface area (Å²) in [5.41, 5.74) is 6.33. The predicted octanol–water partition coefficient (Wildman–Crippen LogP) is 0.963. The number of hydrogen-bond donors (Lipinski definition) is 3. The van der Waals surface area contributed by atoms with Gasteiger partial charge in [0.1, 0.15) is 11.4 Å². The van der Waals surface area contributed by atoms with E-state index in [0.717, 1.165) is 6.21 Å². The van der Waals surface area contributed by atoms with Crippen LogP contribution in [0.4, 0.5) is 13.2 Å². The van der Waals surface area contributed by atoms with Gasteiger partial charge < -0.3 is 15.4 Å². The Hall–Kier alpha value is -2.07. The summed E-state index contributed by atoms with van der Waals surface area (Å²) in [7, 11) is 2.96. The Morgan fingerprint density at radius 2 is 2.17 bits per heavy atom. The zero-order valence-corrected chi connectivity index (χ0v) is 13.9. The topological polar surface area (TPSA) is 89.5 Å². The molecule has 1 aliphatic heterocycles. The molecule has 4 N–H and O–H groups in total. The molecule has 7 nitrogen and oxygen atoms in total.